The van der Waals surface area contributed by atoms with Crippen molar-refractivity contribution < 1.29 is 28.6 Å². The maximum absolute atomic E-state index is 13.8. The van der Waals surface area contributed by atoms with Crippen molar-refractivity contribution in [3.63, 3.8) is 0 Å². The second-order valence-electron chi connectivity index (χ2n) is 7.86. The van der Waals surface area contributed by atoms with Crippen molar-refractivity contribution in [2.75, 3.05) is 11.9 Å². The van der Waals surface area contributed by atoms with Gasteiger partial charge in [0.05, 0.1) is 23.3 Å². The Morgan fingerprint density at radius 3 is 2.46 bits per heavy atom. The van der Waals surface area contributed by atoms with Crippen LogP contribution < -0.4 is 5.32 Å². The van der Waals surface area contributed by atoms with Crippen molar-refractivity contribution in [1.29, 1.82) is 0 Å². The molecule has 35 heavy (non-hydrogen) atoms. The number of halogens is 1. The monoisotopic (exact) mass is 474 g/mol. The minimum absolute atomic E-state index is 0.0666. The number of carboxylic acid groups (broad SMARTS) is 1. The number of ether oxygens (including phenoxy) is 1. The molecule has 0 aliphatic rings. The van der Waals surface area contributed by atoms with E-state index in [1.165, 1.54) is 12.3 Å². The van der Waals surface area contributed by atoms with Crippen molar-refractivity contribution in [3.05, 3.63) is 95.4 Å². The molecule has 2 N–H and O–H groups in total. The zero-order valence-electron chi connectivity index (χ0n) is 19.0. The summed E-state index contributed by atoms with van der Waals surface area (Å²) in [6.45, 7) is 2.00. The first-order valence-electron chi connectivity index (χ1n) is 11.1. The van der Waals surface area contributed by atoms with Gasteiger partial charge in [0, 0.05) is 29.4 Å². The van der Waals surface area contributed by atoms with Crippen LogP contribution in [0.1, 0.15) is 39.6 Å². The molecule has 4 rings (SSSR count). The van der Waals surface area contributed by atoms with Crippen LogP contribution in [-0.4, -0.2) is 34.1 Å². The first kappa shape index (κ1) is 23.7. The van der Waals surface area contributed by atoms with E-state index in [4.69, 9.17) is 4.74 Å². The van der Waals surface area contributed by atoms with E-state index < -0.39 is 11.9 Å². The molecule has 0 bridgehead atoms. The van der Waals surface area contributed by atoms with Crippen LogP contribution in [0.5, 0.6) is 0 Å². The molecule has 1 aromatic heterocycles. The number of nitrogens with zero attached hydrogens (tertiary/aromatic N) is 1. The molecule has 8 heteroatoms. The molecule has 0 saturated carbocycles. The molecule has 1 amide bonds. The van der Waals surface area contributed by atoms with Gasteiger partial charge >= 0.3 is 11.9 Å². The molecule has 0 atom stereocenters. The van der Waals surface area contributed by atoms with E-state index in [1.54, 1.807) is 72.2 Å². The van der Waals surface area contributed by atoms with Gasteiger partial charge in [0.1, 0.15) is 5.82 Å². The highest BCUT2D eigenvalue weighted by molar-refractivity contribution is 6.06. The zero-order chi connectivity index (χ0) is 24.9. The SMILES string of the molecule is CCOC(=O)c1ccc(-n2cc(C(=O)O)c3cc(NC(=O)CCc4ccccc4F)ccc32)cc1. The number of anilines is 1. The Morgan fingerprint density at radius 2 is 1.77 bits per heavy atom. The minimum Gasteiger partial charge on any atom is -0.478 e. The van der Waals surface area contributed by atoms with Gasteiger partial charge in [0.15, 0.2) is 0 Å². The molecule has 0 aliphatic carbocycles. The second kappa shape index (κ2) is 10.2. The van der Waals surface area contributed by atoms with Gasteiger partial charge in [-0.15, -0.1) is 0 Å². The highest BCUT2D eigenvalue weighted by Gasteiger charge is 2.17. The number of benzene rings is 3. The van der Waals surface area contributed by atoms with E-state index in [0.717, 1.165) is 0 Å². The number of carbonyl (C=O) groups is 3. The summed E-state index contributed by atoms with van der Waals surface area (Å²) in [5, 5.41) is 12.9. The van der Waals surface area contributed by atoms with Gasteiger partial charge in [0.2, 0.25) is 5.91 Å². The molecule has 0 spiro atoms. The number of carboxylic acids is 1. The normalized spacial score (nSPS) is 10.8. The number of amides is 1. The average Bonchev–Trinajstić information content (AvgIpc) is 3.23. The van der Waals surface area contributed by atoms with E-state index in [0.29, 0.717) is 33.4 Å². The van der Waals surface area contributed by atoms with Gasteiger partial charge in [-0.05, 0) is 67.4 Å². The summed E-state index contributed by atoms with van der Waals surface area (Å²) in [5.74, 6) is -2.21. The molecule has 0 unspecified atom stereocenters. The summed E-state index contributed by atoms with van der Waals surface area (Å²) in [6.07, 6.45) is 1.83. The highest BCUT2D eigenvalue weighted by atomic mass is 19.1. The third-order valence-electron chi connectivity index (χ3n) is 5.55. The van der Waals surface area contributed by atoms with E-state index in [2.05, 4.69) is 5.32 Å². The molecular weight excluding hydrogens is 451 g/mol. The van der Waals surface area contributed by atoms with E-state index in [9.17, 15) is 23.9 Å². The number of aryl methyl sites for hydroxylation is 1. The van der Waals surface area contributed by atoms with Crippen molar-refractivity contribution in [1.82, 2.24) is 4.57 Å². The largest absolute Gasteiger partial charge is 0.478 e. The van der Waals surface area contributed by atoms with Crippen LogP contribution in [0.15, 0.2) is 72.9 Å². The van der Waals surface area contributed by atoms with Crippen LogP contribution >= 0.6 is 0 Å². The van der Waals surface area contributed by atoms with Crippen LogP contribution in [0.4, 0.5) is 10.1 Å². The minimum atomic E-state index is -1.11. The molecule has 3 aromatic carbocycles. The van der Waals surface area contributed by atoms with Crippen molar-refractivity contribution in [3.8, 4) is 5.69 Å². The maximum Gasteiger partial charge on any atom is 0.338 e. The zero-order valence-corrected chi connectivity index (χ0v) is 19.0. The summed E-state index contributed by atoms with van der Waals surface area (Å²) < 4.78 is 20.5. The fraction of sp³-hybridized carbons (Fsp3) is 0.148. The fourth-order valence-electron chi connectivity index (χ4n) is 3.84. The summed E-state index contributed by atoms with van der Waals surface area (Å²) in [4.78, 5) is 36.2. The molecular formula is C27H23FN2O5. The summed E-state index contributed by atoms with van der Waals surface area (Å²) in [7, 11) is 0. The smallest absolute Gasteiger partial charge is 0.338 e. The topological polar surface area (TPSA) is 97.6 Å². The predicted molar refractivity (Wildman–Crippen MR) is 130 cm³/mol. The third-order valence-corrected chi connectivity index (χ3v) is 5.55. The Kier molecular flexibility index (Phi) is 6.91. The highest BCUT2D eigenvalue weighted by Crippen LogP contribution is 2.28. The fourth-order valence-corrected chi connectivity index (χ4v) is 3.84. The number of aromatic nitrogens is 1. The molecule has 0 saturated heterocycles. The molecule has 0 fully saturated rings. The lowest BCUT2D eigenvalue weighted by Crippen LogP contribution is -2.12. The molecule has 178 valence electrons. The van der Waals surface area contributed by atoms with Gasteiger partial charge in [-0.2, -0.15) is 0 Å². The van der Waals surface area contributed by atoms with Crippen LogP contribution in [0.3, 0.4) is 0 Å². The Hall–Kier alpha value is -4.46. The van der Waals surface area contributed by atoms with Crippen LogP contribution in [0, 0.1) is 5.82 Å². The maximum atomic E-state index is 13.8. The number of hydrogen-bond acceptors (Lipinski definition) is 4. The van der Waals surface area contributed by atoms with Gasteiger partial charge < -0.3 is 19.7 Å². The number of esters is 1. The second-order valence-corrected chi connectivity index (χ2v) is 7.86. The number of hydrogen-bond donors (Lipinski definition) is 2. The van der Waals surface area contributed by atoms with Gasteiger partial charge in [-0.1, -0.05) is 18.2 Å². The molecule has 1 heterocycles. The van der Waals surface area contributed by atoms with Gasteiger partial charge in [-0.25, -0.2) is 14.0 Å². The predicted octanol–water partition coefficient (Wildman–Crippen LogP) is 5.22. The van der Waals surface area contributed by atoms with Gasteiger partial charge in [0.25, 0.3) is 0 Å². The summed E-state index contributed by atoms with van der Waals surface area (Å²) >= 11 is 0. The van der Waals surface area contributed by atoms with Crippen LogP contribution in [0.25, 0.3) is 16.6 Å². The molecule has 0 aliphatic heterocycles. The molecule has 0 radical (unpaired) electrons. The Morgan fingerprint density at radius 1 is 1.03 bits per heavy atom. The summed E-state index contributed by atoms with van der Waals surface area (Å²) in [6, 6.07) is 17.9. The van der Waals surface area contributed by atoms with Gasteiger partial charge in [-0.3, -0.25) is 4.79 Å². The Bertz CT molecular complexity index is 1410. The number of rotatable bonds is 8. The first-order chi connectivity index (χ1) is 16.9. The lowest BCUT2D eigenvalue weighted by molar-refractivity contribution is -0.116. The van der Waals surface area contributed by atoms with Crippen molar-refractivity contribution in [2.24, 2.45) is 0 Å². The average molecular weight is 474 g/mol. The molecule has 7 nitrogen and oxygen atoms in total. The lowest BCUT2D eigenvalue weighted by Gasteiger charge is -2.09. The Balaban J connectivity index is 1.57. The third kappa shape index (κ3) is 5.22. The first-order valence-corrected chi connectivity index (χ1v) is 11.1. The van der Waals surface area contributed by atoms with Crippen molar-refractivity contribution in [2.45, 2.75) is 19.8 Å². The standard InChI is InChI=1S/C27H23FN2O5/c1-2-35-27(34)18-7-11-20(12-8-18)30-16-22(26(32)33)21-15-19(10-13-24(21)30)29-25(31)14-9-17-5-3-4-6-23(17)28/h3-8,10-13,15-16H,2,9,14H2,1H3,(H,29,31)(H,32,33). The van der Waals surface area contributed by atoms with Crippen molar-refractivity contribution >= 4 is 34.4 Å². The quantitative estimate of drug-likeness (QED) is 0.342. The number of aromatic carboxylic acids is 1. The number of nitrogens with one attached hydrogen (secondary N) is 1. The van der Waals surface area contributed by atoms with E-state index >= 15 is 0 Å². The van der Waals surface area contributed by atoms with Crippen LogP contribution in [-0.2, 0) is 16.0 Å². The van der Waals surface area contributed by atoms with E-state index in [-0.39, 0.29) is 36.7 Å². The molecule has 4 aromatic rings. The lowest BCUT2D eigenvalue weighted by atomic mass is 10.1. The summed E-state index contributed by atoms with van der Waals surface area (Å²) in [5.41, 5.74) is 2.64. The van der Waals surface area contributed by atoms with E-state index in [1.807, 2.05) is 0 Å². The number of carbonyl (C=O) groups excluding carboxylic acids is 2. The van der Waals surface area contributed by atoms with Crippen LogP contribution in [0.2, 0.25) is 0 Å². The Labute approximate surface area is 200 Å². The number of fused-ring (bicyclic) bond motifs is 1.